The van der Waals surface area contributed by atoms with E-state index in [1.54, 1.807) is 23.7 Å². The number of thiophene rings is 1. The number of aliphatic hydroxyl groups is 1. The highest BCUT2D eigenvalue weighted by Gasteiger charge is 2.21. The van der Waals surface area contributed by atoms with E-state index in [0.717, 1.165) is 45.1 Å². The molecule has 0 spiro atoms. The van der Waals surface area contributed by atoms with Crippen LogP contribution in [0.4, 0.5) is 11.8 Å². The van der Waals surface area contributed by atoms with E-state index in [1.807, 2.05) is 24.3 Å². The van der Waals surface area contributed by atoms with Crippen LogP contribution in [0.1, 0.15) is 12.5 Å². The zero-order valence-corrected chi connectivity index (χ0v) is 20.0. The predicted molar refractivity (Wildman–Crippen MR) is 135 cm³/mol. The number of nitrogen functional groups attached to an aromatic ring is 1. The molecule has 1 amide bonds. The number of morpholine rings is 1. The third-order valence-electron chi connectivity index (χ3n) is 5.65. The molecule has 1 aliphatic heterocycles. The van der Waals surface area contributed by atoms with Gasteiger partial charge in [0.15, 0.2) is 11.6 Å². The predicted octanol–water partition coefficient (Wildman–Crippen LogP) is 2.23. The van der Waals surface area contributed by atoms with E-state index in [9.17, 15) is 9.90 Å². The molecule has 1 aliphatic rings. The number of nitrogens with zero attached hydrogens (tertiary/aromatic N) is 5. The second kappa shape index (κ2) is 9.90. The molecule has 1 saturated heterocycles. The van der Waals surface area contributed by atoms with Crippen molar-refractivity contribution in [3.8, 4) is 21.8 Å². The van der Waals surface area contributed by atoms with Gasteiger partial charge in [-0.15, -0.1) is 11.3 Å². The highest BCUT2D eigenvalue weighted by Crippen LogP contribution is 2.39. The van der Waals surface area contributed by atoms with Gasteiger partial charge in [-0.3, -0.25) is 4.79 Å². The molecular weight excluding hydrogens is 466 g/mol. The van der Waals surface area contributed by atoms with Gasteiger partial charge in [-0.05, 0) is 30.2 Å². The average Bonchev–Trinajstić information content (AvgIpc) is 3.32. The quantitative estimate of drug-likeness (QED) is 0.370. The Labute approximate surface area is 205 Å². The fourth-order valence-corrected chi connectivity index (χ4v) is 4.91. The lowest BCUT2D eigenvalue weighted by Crippen LogP contribution is -2.36. The Morgan fingerprint density at radius 1 is 1.20 bits per heavy atom. The topological polar surface area (TPSA) is 139 Å². The minimum atomic E-state index is -1.04. The molecule has 1 fully saturated rings. The highest BCUT2D eigenvalue weighted by molar-refractivity contribution is 7.22. The van der Waals surface area contributed by atoms with Gasteiger partial charge in [-0.25, -0.2) is 19.9 Å². The van der Waals surface area contributed by atoms with Crippen LogP contribution in [0.25, 0.3) is 32.0 Å². The number of ether oxygens (including phenoxy) is 1. The molecule has 4 N–H and O–H groups in total. The Morgan fingerprint density at radius 3 is 2.71 bits per heavy atom. The van der Waals surface area contributed by atoms with Gasteiger partial charge in [0, 0.05) is 36.9 Å². The number of rotatable bonds is 6. The Morgan fingerprint density at radius 2 is 1.97 bits per heavy atom. The molecule has 0 unspecified atom stereocenters. The fraction of sp³-hybridized carbons (Fsp3) is 0.292. The Bertz CT molecular complexity index is 1350. The number of aromatic nitrogens is 4. The second-order valence-electron chi connectivity index (χ2n) is 8.22. The van der Waals surface area contributed by atoms with Crippen LogP contribution in [-0.2, 0) is 16.1 Å². The molecular formula is C24H25N7O3S. The van der Waals surface area contributed by atoms with Gasteiger partial charge in [-0.2, -0.15) is 0 Å². The minimum Gasteiger partial charge on any atom is -0.384 e. The summed E-state index contributed by atoms with van der Waals surface area (Å²) in [7, 11) is 0. The summed E-state index contributed by atoms with van der Waals surface area (Å²) in [6.07, 6.45) is 2.22. The molecule has 5 rings (SSSR count). The number of amides is 1. The molecule has 4 aromatic rings. The molecule has 35 heavy (non-hydrogen) atoms. The summed E-state index contributed by atoms with van der Waals surface area (Å²) >= 11 is 1.63. The van der Waals surface area contributed by atoms with E-state index in [1.165, 1.54) is 6.92 Å². The maximum absolute atomic E-state index is 11.7. The third kappa shape index (κ3) is 5.06. The van der Waals surface area contributed by atoms with Gasteiger partial charge in [0.1, 0.15) is 6.10 Å². The number of carbonyl (C=O) groups excluding carboxylic acids is 1. The Kier molecular flexibility index (Phi) is 6.53. The Hall–Kier alpha value is -3.67. The normalized spacial score (nSPS) is 14.7. The lowest BCUT2D eigenvalue weighted by atomic mass is 10.1. The van der Waals surface area contributed by atoms with E-state index >= 15 is 0 Å². The number of fused-ring (bicyclic) bond motifs is 1. The van der Waals surface area contributed by atoms with Gasteiger partial charge in [-0.1, -0.05) is 18.2 Å². The fourth-order valence-electron chi connectivity index (χ4n) is 3.80. The van der Waals surface area contributed by atoms with Crippen LogP contribution in [-0.4, -0.2) is 63.4 Å². The van der Waals surface area contributed by atoms with Crippen molar-refractivity contribution in [2.75, 3.05) is 36.9 Å². The summed E-state index contributed by atoms with van der Waals surface area (Å²) in [5.74, 6) is 1.20. The monoisotopic (exact) mass is 491 g/mol. The number of aliphatic hydroxyl groups excluding tert-OH is 1. The molecule has 0 radical (unpaired) electrons. The molecule has 0 aliphatic carbocycles. The van der Waals surface area contributed by atoms with Crippen molar-refractivity contribution in [1.82, 2.24) is 25.3 Å². The zero-order chi connectivity index (χ0) is 24.4. The standard InChI is InChI=1S/C24H25N7O3S/c1-14(32)23(33)26-11-15-3-2-4-16(9-15)19-10-18-20(35-19)22(31-5-7-34-8-6-31)30-21(29-18)17-12-27-24(25)28-13-17/h2-4,9-10,12-14,32H,5-8,11H2,1H3,(H,26,33)(H2,25,27,28)/t14-/m0/s1. The molecule has 0 bridgehead atoms. The zero-order valence-electron chi connectivity index (χ0n) is 19.1. The number of hydrogen-bond acceptors (Lipinski definition) is 10. The van der Waals surface area contributed by atoms with Crippen molar-refractivity contribution in [3.63, 3.8) is 0 Å². The van der Waals surface area contributed by atoms with Crippen molar-refractivity contribution >= 4 is 39.2 Å². The summed E-state index contributed by atoms with van der Waals surface area (Å²) in [6, 6.07) is 10.0. The van der Waals surface area contributed by atoms with Gasteiger partial charge in [0.2, 0.25) is 11.9 Å². The first kappa shape index (κ1) is 23.1. The molecule has 180 valence electrons. The van der Waals surface area contributed by atoms with E-state index in [2.05, 4.69) is 26.3 Å². The van der Waals surface area contributed by atoms with Crippen molar-refractivity contribution in [2.45, 2.75) is 19.6 Å². The molecule has 10 nitrogen and oxygen atoms in total. The summed E-state index contributed by atoms with van der Waals surface area (Å²) in [5, 5.41) is 12.2. The van der Waals surface area contributed by atoms with Crippen LogP contribution in [0.5, 0.6) is 0 Å². The number of benzene rings is 1. The van der Waals surface area contributed by atoms with Crippen LogP contribution in [0.3, 0.4) is 0 Å². The molecule has 0 saturated carbocycles. The molecule has 3 aromatic heterocycles. The van der Waals surface area contributed by atoms with Gasteiger partial charge in [0.05, 0.1) is 29.0 Å². The lowest BCUT2D eigenvalue weighted by molar-refractivity contribution is -0.128. The van der Waals surface area contributed by atoms with Crippen molar-refractivity contribution < 1.29 is 14.6 Å². The van der Waals surface area contributed by atoms with Crippen LogP contribution in [0.2, 0.25) is 0 Å². The van der Waals surface area contributed by atoms with Crippen LogP contribution in [0, 0.1) is 0 Å². The molecule has 4 heterocycles. The van der Waals surface area contributed by atoms with Crippen molar-refractivity contribution in [1.29, 1.82) is 0 Å². The molecule has 11 heteroatoms. The summed E-state index contributed by atoms with van der Waals surface area (Å²) in [4.78, 5) is 32.9. The van der Waals surface area contributed by atoms with Gasteiger partial charge < -0.3 is 25.8 Å². The highest BCUT2D eigenvalue weighted by atomic mass is 32.1. The average molecular weight is 492 g/mol. The Balaban J connectivity index is 1.54. The summed E-state index contributed by atoms with van der Waals surface area (Å²) < 4.78 is 6.54. The first-order valence-electron chi connectivity index (χ1n) is 11.2. The third-order valence-corrected chi connectivity index (χ3v) is 6.82. The number of carbonyl (C=O) groups is 1. The summed E-state index contributed by atoms with van der Waals surface area (Å²) in [5.41, 5.74) is 9.14. The largest absolute Gasteiger partial charge is 0.384 e. The van der Waals surface area contributed by atoms with Crippen molar-refractivity contribution in [2.24, 2.45) is 0 Å². The first-order chi connectivity index (χ1) is 17.0. The SMILES string of the molecule is C[C@H](O)C(=O)NCc1cccc(-c2cc3nc(-c4cnc(N)nc4)nc(N4CCOCC4)c3s2)c1. The van der Waals surface area contributed by atoms with Crippen molar-refractivity contribution in [3.05, 3.63) is 48.3 Å². The number of nitrogens with one attached hydrogen (secondary N) is 1. The minimum absolute atomic E-state index is 0.200. The number of hydrogen-bond donors (Lipinski definition) is 3. The van der Waals surface area contributed by atoms with E-state index in [0.29, 0.717) is 31.1 Å². The molecule has 1 aromatic carbocycles. The molecule has 1 atom stereocenters. The van der Waals surface area contributed by atoms with Gasteiger partial charge >= 0.3 is 0 Å². The van der Waals surface area contributed by atoms with Gasteiger partial charge in [0.25, 0.3) is 0 Å². The van der Waals surface area contributed by atoms with Crippen LogP contribution in [0.15, 0.2) is 42.7 Å². The maximum Gasteiger partial charge on any atom is 0.248 e. The van der Waals surface area contributed by atoms with E-state index in [4.69, 9.17) is 20.4 Å². The number of nitrogens with two attached hydrogens (primary N) is 1. The number of anilines is 2. The summed E-state index contributed by atoms with van der Waals surface area (Å²) in [6.45, 7) is 4.56. The smallest absolute Gasteiger partial charge is 0.248 e. The lowest BCUT2D eigenvalue weighted by Gasteiger charge is -2.28. The first-order valence-corrected chi connectivity index (χ1v) is 12.1. The van der Waals surface area contributed by atoms with Crippen LogP contribution < -0.4 is 16.0 Å². The second-order valence-corrected chi connectivity index (χ2v) is 9.27. The van der Waals surface area contributed by atoms with E-state index < -0.39 is 12.0 Å². The maximum atomic E-state index is 11.7. The van der Waals surface area contributed by atoms with Crippen LogP contribution >= 0.6 is 11.3 Å². The van der Waals surface area contributed by atoms with E-state index in [-0.39, 0.29) is 5.95 Å².